The third-order valence-electron chi connectivity index (χ3n) is 5.36. The highest BCUT2D eigenvalue weighted by Gasteiger charge is 2.18. The van der Waals surface area contributed by atoms with Crippen LogP contribution in [-0.4, -0.2) is 108 Å². The van der Waals surface area contributed by atoms with Gasteiger partial charge in [0.15, 0.2) is 0 Å². The Morgan fingerprint density at radius 3 is 1.66 bits per heavy atom. The maximum absolute atomic E-state index is 12.0. The number of hydrogen-bond donors (Lipinski definition) is 1. The molecule has 0 fully saturated rings. The van der Waals surface area contributed by atoms with Gasteiger partial charge in [-0.3, -0.25) is 0 Å². The van der Waals surface area contributed by atoms with Crippen molar-refractivity contribution in [2.75, 3.05) is 99.0 Å². The molecule has 1 atom stereocenters. The van der Waals surface area contributed by atoms with E-state index in [1.807, 2.05) is 32.9 Å². The van der Waals surface area contributed by atoms with Crippen LogP contribution in [0, 0.1) is 0 Å². The summed E-state index contributed by atoms with van der Waals surface area (Å²) in [5.41, 5.74) is 9.40. The molecule has 0 radical (unpaired) electrons. The lowest BCUT2D eigenvalue weighted by Gasteiger charge is -2.17. The maximum atomic E-state index is 12.0. The quantitative estimate of drug-likeness (QED) is 0.0660. The zero-order valence-electron chi connectivity index (χ0n) is 25.1. The number of nitrogens with zero attached hydrogens (tertiary/aromatic N) is 3. The molecule has 0 amide bonds. The molecule has 0 heterocycles. The van der Waals surface area contributed by atoms with Crippen LogP contribution >= 0.6 is 0 Å². The average Bonchev–Trinajstić information content (AvgIpc) is 2.95. The molecule has 0 aliphatic carbocycles. The summed E-state index contributed by atoms with van der Waals surface area (Å²) in [7, 11) is -1.00. The summed E-state index contributed by atoms with van der Waals surface area (Å²) in [6.45, 7) is 13.3. The number of ether oxygens (including phenoxy) is 7. The van der Waals surface area contributed by atoms with Gasteiger partial charge in [-0.1, -0.05) is 17.2 Å². The number of aryl methyl sites for hydroxylation is 1. The Labute approximate surface area is 247 Å². The Hall–Kier alpha value is -1.80. The van der Waals surface area contributed by atoms with E-state index in [9.17, 15) is 4.21 Å². The molecule has 1 aromatic rings. The van der Waals surface area contributed by atoms with Crippen LogP contribution in [0.5, 0.6) is 5.75 Å². The number of nitrogens with one attached hydrogen (secondary N) is 1. The van der Waals surface area contributed by atoms with Crippen LogP contribution in [0.15, 0.2) is 29.4 Å². The smallest absolute Gasteiger partial charge is 0.119 e. The first-order valence-electron chi connectivity index (χ1n) is 14.3. The highest BCUT2D eigenvalue weighted by Crippen LogP contribution is 2.14. The van der Waals surface area contributed by atoms with Crippen molar-refractivity contribution >= 4 is 11.0 Å². The van der Waals surface area contributed by atoms with E-state index < -0.39 is 11.0 Å². The van der Waals surface area contributed by atoms with Crippen molar-refractivity contribution in [1.29, 1.82) is 0 Å². The summed E-state index contributed by atoms with van der Waals surface area (Å²) in [6, 6.07) is 8.15. The van der Waals surface area contributed by atoms with E-state index in [0.29, 0.717) is 92.4 Å². The maximum Gasteiger partial charge on any atom is 0.119 e. The van der Waals surface area contributed by atoms with Gasteiger partial charge in [0.25, 0.3) is 0 Å². The van der Waals surface area contributed by atoms with Gasteiger partial charge in [-0.25, -0.2) is 8.93 Å². The second-order valence-corrected chi connectivity index (χ2v) is 11.9. The molecule has 1 aromatic carbocycles. The first kappa shape index (κ1) is 37.2. The van der Waals surface area contributed by atoms with E-state index in [1.54, 1.807) is 0 Å². The second-order valence-electron chi connectivity index (χ2n) is 9.85. The lowest BCUT2D eigenvalue weighted by molar-refractivity contribution is -0.0175. The van der Waals surface area contributed by atoms with Crippen molar-refractivity contribution < 1.29 is 37.4 Å². The van der Waals surface area contributed by atoms with Gasteiger partial charge in [-0.2, -0.15) is 0 Å². The topological polar surface area (TPSA) is 142 Å². The third kappa shape index (κ3) is 23.5. The SMILES string of the molecule is CC(C)(C)S(=O)NCCCCc1ccc(OCCOCCOCCOCCOCCOCCOCCN=[N+]=[N-])cc1. The fourth-order valence-electron chi connectivity index (χ4n) is 3.16. The minimum Gasteiger partial charge on any atom is -0.491 e. The lowest BCUT2D eigenvalue weighted by atomic mass is 10.1. The van der Waals surface area contributed by atoms with Crippen LogP contribution in [0.2, 0.25) is 0 Å². The molecule has 0 bridgehead atoms. The zero-order valence-corrected chi connectivity index (χ0v) is 25.9. The predicted molar refractivity (Wildman–Crippen MR) is 160 cm³/mol. The van der Waals surface area contributed by atoms with E-state index in [2.05, 4.69) is 26.9 Å². The van der Waals surface area contributed by atoms with Crippen molar-refractivity contribution in [3.8, 4) is 5.75 Å². The molecule has 0 aliphatic heterocycles. The normalized spacial score (nSPS) is 12.3. The molecule has 1 rings (SSSR count). The zero-order chi connectivity index (χ0) is 29.9. The summed E-state index contributed by atoms with van der Waals surface area (Å²) in [4.78, 5) is 2.64. The van der Waals surface area contributed by atoms with E-state index in [0.717, 1.165) is 31.6 Å². The Morgan fingerprint density at radius 1 is 0.732 bits per heavy atom. The van der Waals surface area contributed by atoms with Crippen molar-refractivity contribution in [2.45, 2.75) is 44.8 Å². The molecule has 0 saturated carbocycles. The minimum atomic E-state index is -1.00. The van der Waals surface area contributed by atoms with Gasteiger partial charge in [0.05, 0.1) is 95.0 Å². The molecule has 1 unspecified atom stereocenters. The fraction of sp³-hybridized carbons (Fsp3) is 0.786. The van der Waals surface area contributed by atoms with Crippen LogP contribution in [0.1, 0.15) is 39.2 Å². The highest BCUT2D eigenvalue weighted by molar-refractivity contribution is 7.84. The summed E-state index contributed by atoms with van der Waals surface area (Å²) in [5, 5.41) is 3.37. The number of unbranched alkanes of at least 4 members (excludes halogenated alkanes) is 1. The molecule has 12 nitrogen and oxygen atoms in total. The summed E-state index contributed by atoms with van der Waals surface area (Å²) in [5.74, 6) is 0.828. The molecule has 0 saturated heterocycles. The molecular weight excluding hydrogens is 552 g/mol. The molecular formula is C28H50N4O8S. The molecule has 41 heavy (non-hydrogen) atoms. The Balaban J connectivity index is 1.82. The Morgan fingerprint density at radius 2 is 1.20 bits per heavy atom. The number of hydrogen-bond acceptors (Lipinski definition) is 9. The van der Waals surface area contributed by atoms with Crippen LogP contribution < -0.4 is 9.46 Å². The summed E-state index contributed by atoms with van der Waals surface area (Å²) in [6.07, 6.45) is 3.02. The van der Waals surface area contributed by atoms with Gasteiger partial charge in [-0.15, -0.1) is 0 Å². The summed E-state index contributed by atoms with van der Waals surface area (Å²) < 4.78 is 53.1. The average molecular weight is 603 g/mol. The van der Waals surface area contributed by atoms with Crippen LogP contribution in [0.3, 0.4) is 0 Å². The minimum absolute atomic E-state index is 0.227. The van der Waals surface area contributed by atoms with Crippen LogP contribution in [-0.2, 0) is 45.8 Å². The molecule has 13 heteroatoms. The number of azide groups is 1. The van der Waals surface area contributed by atoms with Gasteiger partial charge >= 0.3 is 0 Å². The highest BCUT2D eigenvalue weighted by atomic mass is 32.2. The van der Waals surface area contributed by atoms with Gasteiger partial charge < -0.3 is 33.2 Å². The molecule has 1 N–H and O–H groups in total. The monoisotopic (exact) mass is 602 g/mol. The van der Waals surface area contributed by atoms with E-state index in [-0.39, 0.29) is 4.75 Å². The Kier molecular flexibility index (Phi) is 23.5. The van der Waals surface area contributed by atoms with Crippen molar-refractivity contribution in [3.05, 3.63) is 40.3 Å². The van der Waals surface area contributed by atoms with Gasteiger partial charge in [-0.05, 0) is 63.3 Å². The largest absolute Gasteiger partial charge is 0.491 e. The van der Waals surface area contributed by atoms with E-state index in [1.165, 1.54) is 5.56 Å². The van der Waals surface area contributed by atoms with Gasteiger partial charge in [0.1, 0.15) is 12.4 Å². The number of benzene rings is 1. The van der Waals surface area contributed by atoms with Gasteiger partial charge in [0, 0.05) is 18.0 Å². The van der Waals surface area contributed by atoms with Gasteiger partial charge in [0.2, 0.25) is 0 Å². The second kappa shape index (κ2) is 25.9. The van der Waals surface area contributed by atoms with E-state index >= 15 is 0 Å². The van der Waals surface area contributed by atoms with Crippen LogP contribution in [0.4, 0.5) is 0 Å². The Bertz CT molecular complexity index is 820. The standard InChI is InChI=1S/C28H50N4O8S/c1-28(2,3)41(33)31-11-5-4-6-26-7-9-27(10-8-26)40-25-24-39-23-22-38-21-20-37-19-18-36-17-16-35-15-14-34-13-12-30-32-29/h7-10,31H,4-6,11-25H2,1-3H3. The predicted octanol–water partition coefficient (Wildman–Crippen LogP) is 3.85. The van der Waals surface area contributed by atoms with Crippen molar-refractivity contribution in [1.82, 2.24) is 4.72 Å². The molecule has 0 aromatic heterocycles. The summed E-state index contributed by atoms with van der Waals surface area (Å²) >= 11 is 0. The lowest BCUT2D eigenvalue weighted by Crippen LogP contribution is -2.33. The van der Waals surface area contributed by atoms with E-state index in [4.69, 9.17) is 38.7 Å². The number of rotatable bonds is 28. The van der Waals surface area contributed by atoms with Crippen molar-refractivity contribution in [2.24, 2.45) is 5.11 Å². The first-order valence-corrected chi connectivity index (χ1v) is 15.4. The molecule has 0 spiro atoms. The third-order valence-corrected chi connectivity index (χ3v) is 6.94. The molecule has 236 valence electrons. The fourth-order valence-corrected chi connectivity index (χ4v) is 3.92. The molecule has 0 aliphatic rings. The van der Waals surface area contributed by atoms with Crippen molar-refractivity contribution in [3.63, 3.8) is 0 Å². The first-order chi connectivity index (χ1) is 19.9. The van der Waals surface area contributed by atoms with Crippen LogP contribution in [0.25, 0.3) is 10.4 Å².